The topological polar surface area (TPSA) is 3.24 Å². The largest absolute Gasteiger partial charge is 0.310 e. The van der Waals surface area contributed by atoms with Crippen LogP contribution in [0.25, 0.3) is 45.5 Å². The lowest BCUT2D eigenvalue weighted by Gasteiger charge is -2.33. The van der Waals surface area contributed by atoms with Crippen LogP contribution in [0.15, 0.2) is 224 Å². The second-order valence-corrected chi connectivity index (χ2v) is 17.0. The molecule has 0 atom stereocenters. The van der Waals surface area contributed by atoms with Gasteiger partial charge in [0.15, 0.2) is 0 Å². The first-order chi connectivity index (χ1) is 31.2. The molecule has 9 aromatic rings. The standard InChI is InChI=1S/C62H49N/c1-3-61(4-2)57-42-44(36-38-46-24-21-34-56-60(46)54-32-17-19-33-55(54)62(56,47-25-11-6-12-26-47)48-27-13-7-14-28-48)37-40-52(57)53-41-39-50(43-58(53)61)63(49-29-15-8-16-30-49)59-35-20-18-31-51(59)45-22-9-5-10-23-45/h5-43H,3-4H2,1-2H3/b38-36+. The molecule has 0 fully saturated rings. The Labute approximate surface area is 372 Å². The summed E-state index contributed by atoms with van der Waals surface area (Å²) in [6.45, 7) is 4.74. The predicted molar refractivity (Wildman–Crippen MR) is 266 cm³/mol. The molecule has 0 saturated heterocycles. The van der Waals surface area contributed by atoms with E-state index in [4.69, 9.17) is 0 Å². The van der Waals surface area contributed by atoms with Crippen molar-refractivity contribution >= 4 is 29.2 Å². The summed E-state index contributed by atoms with van der Waals surface area (Å²) in [5.41, 5.74) is 21.2. The highest BCUT2D eigenvalue weighted by molar-refractivity contribution is 5.94. The molecule has 302 valence electrons. The monoisotopic (exact) mass is 807 g/mol. The molecule has 0 bridgehead atoms. The zero-order chi connectivity index (χ0) is 42.4. The molecule has 9 aromatic carbocycles. The third-order valence-corrected chi connectivity index (χ3v) is 14.0. The Kier molecular flexibility index (Phi) is 9.62. The van der Waals surface area contributed by atoms with E-state index in [0.717, 1.165) is 24.2 Å². The minimum absolute atomic E-state index is 0.121. The Morgan fingerprint density at radius 1 is 0.397 bits per heavy atom. The molecule has 0 radical (unpaired) electrons. The van der Waals surface area contributed by atoms with E-state index in [1.165, 1.54) is 83.6 Å². The molecule has 0 saturated carbocycles. The van der Waals surface area contributed by atoms with E-state index in [1.54, 1.807) is 0 Å². The summed E-state index contributed by atoms with van der Waals surface area (Å²) in [6.07, 6.45) is 6.71. The molecule has 63 heavy (non-hydrogen) atoms. The Balaban J connectivity index is 1.01. The molecule has 11 rings (SSSR count). The summed E-state index contributed by atoms with van der Waals surface area (Å²) in [6, 6.07) is 82.8. The number of rotatable bonds is 10. The smallest absolute Gasteiger partial charge is 0.0713 e. The van der Waals surface area contributed by atoms with Crippen LogP contribution in [0.1, 0.15) is 71.2 Å². The van der Waals surface area contributed by atoms with E-state index in [9.17, 15) is 0 Å². The fraction of sp³-hybridized carbons (Fsp3) is 0.0968. The number of hydrogen-bond acceptors (Lipinski definition) is 1. The molecule has 0 unspecified atom stereocenters. The van der Waals surface area contributed by atoms with Crippen LogP contribution in [-0.2, 0) is 10.8 Å². The van der Waals surface area contributed by atoms with Gasteiger partial charge in [0.05, 0.1) is 11.1 Å². The maximum atomic E-state index is 2.49. The van der Waals surface area contributed by atoms with Crippen LogP contribution in [-0.4, -0.2) is 0 Å². The number of nitrogens with zero attached hydrogens (tertiary/aromatic N) is 1. The van der Waals surface area contributed by atoms with Gasteiger partial charge in [-0.15, -0.1) is 0 Å². The highest BCUT2D eigenvalue weighted by atomic mass is 15.1. The van der Waals surface area contributed by atoms with Gasteiger partial charge in [-0.25, -0.2) is 0 Å². The van der Waals surface area contributed by atoms with Gasteiger partial charge in [-0.2, -0.15) is 0 Å². The predicted octanol–water partition coefficient (Wildman–Crippen LogP) is 16.4. The summed E-state index contributed by atoms with van der Waals surface area (Å²) < 4.78 is 0. The third-order valence-electron chi connectivity index (χ3n) is 14.0. The Hall–Kier alpha value is -7.48. The number of anilines is 3. The van der Waals surface area contributed by atoms with Crippen molar-refractivity contribution in [3.8, 4) is 33.4 Å². The fourth-order valence-electron chi connectivity index (χ4n) is 11.1. The highest BCUT2D eigenvalue weighted by Crippen LogP contribution is 2.58. The van der Waals surface area contributed by atoms with Crippen LogP contribution in [0.2, 0.25) is 0 Å². The van der Waals surface area contributed by atoms with Gasteiger partial charge in [-0.3, -0.25) is 0 Å². The molecule has 1 heteroatoms. The van der Waals surface area contributed by atoms with Crippen LogP contribution in [0.4, 0.5) is 17.1 Å². The lowest BCUT2D eigenvalue weighted by Crippen LogP contribution is -2.28. The van der Waals surface area contributed by atoms with E-state index in [-0.39, 0.29) is 5.41 Å². The van der Waals surface area contributed by atoms with E-state index in [2.05, 4.69) is 255 Å². The second kappa shape index (κ2) is 15.8. The lowest BCUT2D eigenvalue weighted by atomic mass is 9.67. The minimum Gasteiger partial charge on any atom is -0.310 e. The molecule has 0 heterocycles. The minimum atomic E-state index is -0.419. The lowest BCUT2D eigenvalue weighted by molar-refractivity contribution is 0.490. The maximum Gasteiger partial charge on any atom is 0.0713 e. The molecular weight excluding hydrogens is 759 g/mol. The number of fused-ring (bicyclic) bond motifs is 6. The summed E-state index contributed by atoms with van der Waals surface area (Å²) >= 11 is 0. The molecule has 0 amide bonds. The van der Waals surface area contributed by atoms with Crippen molar-refractivity contribution in [2.24, 2.45) is 0 Å². The van der Waals surface area contributed by atoms with E-state index in [1.807, 2.05) is 0 Å². The second-order valence-electron chi connectivity index (χ2n) is 17.0. The van der Waals surface area contributed by atoms with Gasteiger partial charge in [0.25, 0.3) is 0 Å². The Morgan fingerprint density at radius 2 is 0.952 bits per heavy atom. The fourth-order valence-corrected chi connectivity index (χ4v) is 11.1. The van der Waals surface area contributed by atoms with Gasteiger partial charge in [0.2, 0.25) is 0 Å². The zero-order valence-corrected chi connectivity index (χ0v) is 35.9. The average Bonchev–Trinajstić information content (AvgIpc) is 3.82. The zero-order valence-electron chi connectivity index (χ0n) is 35.9. The molecular formula is C62H49N. The van der Waals surface area contributed by atoms with Gasteiger partial charge in [0.1, 0.15) is 0 Å². The van der Waals surface area contributed by atoms with Gasteiger partial charge in [-0.1, -0.05) is 220 Å². The van der Waals surface area contributed by atoms with Crippen LogP contribution < -0.4 is 4.90 Å². The Bertz CT molecular complexity index is 3080. The van der Waals surface area contributed by atoms with Crippen molar-refractivity contribution in [1.82, 2.24) is 0 Å². The maximum absolute atomic E-state index is 2.49. The first-order valence-electron chi connectivity index (χ1n) is 22.5. The summed E-state index contributed by atoms with van der Waals surface area (Å²) in [5, 5.41) is 0. The molecule has 0 aromatic heterocycles. The average molecular weight is 808 g/mol. The quantitative estimate of drug-likeness (QED) is 0.124. The van der Waals surface area contributed by atoms with Crippen LogP contribution >= 0.6 is 0 Å². The highest BCUT2D eigenvalue weighted by Gasteiger charge is 2.46. The van der Waals surface area contributed by atoms with Crippen molar-refractivity contribution in [3.63, 3.8) is 0 Å². The van der Waals surface area contributed by atoms with Gasteiger partial charge >= 0.3 is 0 Å². The normalized spacial score (nSPS) is 13.9. The first kappa shape index (κ1) is 38.4. The van der Waals surface area contributed by atoms with Crippen molar-refractivity contribution in [2.45, 2.75) is 37.5 Å². The molecule has 1 nitrogen and oxygen atoms in total. The van der Waals surface area contributed by atoms with Crippen molar-refractivity contribution in [3.05, 3.63) is 269 Å². The van der Waals surface area contributed by atoms with Crippen molar-refractivity contribution in [2.75, 3.05) is 4.90 Å². The van der Waals surface area contributed by atoms with Gasteiger partial charge in [-0.05, 0) is 115 Å². The number of hydrogen-bond donors (Lipinski definition) is 0. The first-order valence-corrected chi connectivity index (χ1v) is 22.5. The van der Waals surface area contributed by atoms with Crippen LogP contribution in [0, 0.1) is 0 Å². The molecule has 0 aliphatic heterocycles. The number of para-hydroxylation sites is 2. The van der Waals surface area contributed by atoms with E-state index >= 15 is 0 Å². The van der Waals surface area contributed by atoms with Gasteiger partial charge < -0.3 is 4.90 Å². The molecule has 0 spiro atoms. The van der Waals surface area contributed by atoms with Crippen LogP contribution in [0.5, 0.6) is 0 Å². The van der Waals surface area contributed by atoms with Crippen molar-refractivity contribution < 1.29 is 0 Å². The van der Waals surface area contributed by atoms with Gasteiger partial charge in [0, 0.05) is 22.4 Å². The summed E-state index contributed by atoms with van der Waals surface area (Å²) in [7, 11) is 0. The SMILES string of the molecule is CCC1(CC)c2cc(/C=C/c3cccc4c3-c3ccccc3C4(c3ccccc3)c3ccccc3)ccc2-c2ccc(N(c3ccccc3)c3ccccc3-c3ccccc3)cc21. The van der Waals surface area contributed by atoms with Crippen LogP contribution in [0.3, 0.4) is 0 Å². The Morgan fingerprint density at radius 3 is 1.63 bits per heavy atom. The summed E-state index contributed by atoms with van der Waals surface area (Å²) in [5.74, 6) is 0. The van der Waals surface area contributed by atoms with E-state index < -0.39 is 5.41 Å². The van der Waals surface area contributed by atoms with E-state index in [0.29, 0.717) is 0 Å². The third kappa shape index (κ3) is 6.06. The molecule has 2 aliphatic carbocycles. The van der Waals surface area contributed by atoms with Crippen molar-refractivity contribution in [1.29, 1.82) is 0 Å². The molecule has 2 aliphatic rings. The number of benzene rings is 9. The summed E-state index contributed by atoms with van der Waals surface area (Å²) in [4.78, 5) is 2.44. The molecule has 0 N–H and O–H groups in total.